The second-order valence-electron chi connectivity index (χ2n) is 3.81. The van der Waals surface area contributed by atoms with Gasteiger partial charge in [0.15, 0.2) is 5.82 Å². The van der Waals surface area contributed by atoms with Crippen LogP contribution in [0.3, 0.4) is 0 Å². The van der Waals surface area contributed by atoms with Gasteiger partial charge in [0.05, 0.1) is 7.05 Å². The number of alkyl halides is 3. The van der Waals surface area contributed by atoms with Crippen LogP contribution in [-0.2, 0) is 13.5 Å². The monoisotopic (exact) mass is 251 g/mol. The maximum Gasteiger partial charge on any atom is 0.389 e. The number of rotatable bonds is 6. The average Bonchev–Trinajstić information content (AvgIpc) is 2.60. The summed E-state index contributed by atoms with van der Waals surface area (Å²) in [4.78, 5) is 1.29. The molecule has 1 aromatic rings. The first-order valence-electron chi connectivity index (χ1n) is 5.43. The standard InChI is InChI=1S/C9H16F3N5/c1-3-13-7(4-5-9(10,11)12)6-8-14-16-17(2)15-8/h7,13H,3-6H2,1-2H3. The van der Waals surface area contributed by atoms with Crippen molar-refractivity contribution >= 4 is 0 Å². The molecule has 17 heavy (non-hydrogen) atoms. The smallest absolute Gasteiger partial charge is 0.314 e. The predicted octanol–water partition coefficient (Wildman–Crippen LogP) is 1.07. The fourth-order valence-corrected chi connectivity index (χ4v) is 1.53. The van der Waals surface area contributed by atoms with E-state index < -0.39 is 12.6 Å². The van der Waals surface area contributed by atoms with Gasteiger partial charge in [-0.1, -0.05) is 6.92 Å². The number of tetrazole rings is 1. The number of halogens is 3. The maximum atomic E-state index is 12.1. The highest BCUT2D eigenvalue weighted by molar-refractivity contribution is 4.84. The second-order valence-corrected chi connectivity index (χ2v) is 3.81. The van der Waals surface area contributed by atoms with Crippen LogP contribution in [0.5, 0.6) is 0 Å². The Morgan fingerprint density at radius 3 is 2.59 bits per heavy atom. The quantitative estimate of drug-likeness (QED) is 0.821. The van der Waals surface area contributed by atoms with Crippen molar-refractivity contribution in [3.05, 3.63) is 5.82 Å². The molecule has 0 spiro atoms. The normalized spacial score (nSPS) is 13.9. The van der Waals surface area contributed by atoms with E-state index in [0.29, 0.717) is 18.8 Å². The van der Waals surface area contributed by atoms with Crippen molar-refractivity contribution in [2.45, 2.75) is 38.4 Å². The minimum absolute atomic E-state index is 0.0234. The lowest BCUT2D eigenvalue weighted by atomic mass is 10.1. The number of nitrogens with one attached hydrogen (secondary N) is 1. The van der Waals surface area contributed by atoms with Gasteiger partial charge in [0.25, 0.3) is 0 Å². The van der Waals surface area contributed by atoms with Gasteiger partial charge >= 0.3 is 6.18 Å². The lowest BCUT2D eigenvalue weighted by Gasteiger charge is -2.16. The molecule has 1 atom stereocenters. The summed E-state index contributed by atoms with van der Waals surface area (Å²) in [6.45, 7) is 2.47. The van der Waals surface area contributed by atoms with Gasteiger partial charge in [0, 0.05) is 18.9 Å². The topological polar surface area (TPSA) is 55.6 Å². The van der Waals surface area contributed by atoms with E-state index in [4.69, 9.17) is 0 Å². The average molecular weight is 251 g/mol. The van der Waals surface area contributed by atoms with Gasteiger partial charge < -0.3 is 5.32 Å². The highest BCUT2D eigenvalue weighted by atomic mass is 19.4. The van der Waals surface area contributed by atoms with Gasteiger partial charge in [-0.3, -0.25) is 0 Å². The molecule has 1 heterocycles. The highest BCUT2D eigenvalue weighted by Gasteiger charge is 2.28. The molecule has 1 N–H and O–H groups in total. The maximum absolute atomic E-state index is 12.1. The molecule has 0 aliphatic carbocycles. The third-order valence-corrected chi connectivity index (χ3v) is 2.25. The first kappa shape index (κ1) is 13.9. The van der Waals surface area contributed by atoms with Crippen LogP contribution in [0.15, 0.2) is 0 Å². The van der Waals surface area contributed by atoms with Crippen LogP contribution >= 0.6 is 0 Å². The van der Waals surface area contributed by atoms with Gasteiger partial charge in [-0.2, -0.15) is 18.0 Å². The molecule has 0 bridgehead atoms. The van der Waals surface area contributed by atoms with Crippen LogP contribution in [0.4, 0.5) is 13.2 Å². The molecule has 98 valence electrons. The molecule has 1 aromatic heterocycles. The molecule has 0 radical (unpaired) electrons. The number of aryl methyl sites for hydroxylation is 1. The third kappa shape index (κ3) is 5.62. The van der Waals surface area contributed by atoms with Crippen LogP contribution in [0, 0.1) is 0 Å². The van der Waals surface area contributed by atoms with Crippen molar-refractivity contribution in [2.24, 2.45) is 7.05 Å². The minimum atomic E-state index is -4.12. The fraction of sp³-hybridized carbons (Fsp3) is 0.889. The Hall–Kier alpha value is -1.18. The van der Waals surface area contributed by atoms with E-state index in [2.05, 4.69) is 20.7 Å². The summed E-state index contributed by atoms with van der Waals surface area (Å²) >= 11 is 0. The lowest BCUT2D eigenvalue weighted by Crippen LogP contribution is -2.32. The van der Waals surface area contributed by atoms with E-state index >= 15 is 0 Å². The van der Waals surface area contributed by atoms with Gasteiger partial charge in [-0.05, 0) is 18.2 Å². The summed E-state index contributed by atoms with van der Waals surface area (Å²) in [6.07, 6.45) is -4.54. The molecule has 0 aromatic carbocycles. The van der Waals surface area contributed by atoms with E-state index in [-0.39, 0.29) is 12.5 Å². The second kappa shape index (κ2) is 5.95. The molecule has 8 heteroatoms. The van der Waals surface area contributed by atoms with Crippen molar-refractivity contribution in [1.29, 1.82) is 0 Å². The predicted molar refractivity (Wildman–Crippen MR) is 55.3 cm³/mol. The Bertz CT molecular complexity index is 336. The van der Waals surface area contributed by atoms with E-state index in [9.17, 15) is 13.2 Å². The Morgan fingerprint density at radius 2 is 2.12 bits per heavy atom. The van der Waals surface area contributed by atoms with E-state index in [1.807, 2.05) is 6.92 Å². The van der Waals surface area contributed by atoms with E-state index in [1.165, 1.54) is 4.80 Å². The van der Waals surface area contributed by atoms with E-state index in [0.717, 1.165) is 0 Å². The van der Waals surface area contributed by atoms with Crippen molar-refractivity contribution in [3.63, 3.8) is 0 Å². The SMILES string of the molecule is CCNC(CCC(F)(F)F)Cc1nnn(C)n1. The largest absolute Gasteiger partial charge is 0.389 e. The van der Waals surface area contributed by atoms with Crippen LogP contribution < -0.4 is 5.32 Å². The summed E-state index contributed by atoms with van der Waals surface area (Å²) in [6, 6.07) is -0.272. The number of aromatic nitrogens is 4. The molecule has 0 aliphatic heterocycles. The third-order valence-electron chi connectivity index (χ3n) is 2.25. The molecule has 0 fully saturated rings. The Balaban J connectivity index is 2.48. The molecule has 0 saturated carbocycles. The summed E-state index contributed by atoms with van der Waals surface area (Å²) in [7, 11) is 1.62. The Morgan fingerprint density at radius 1 is 1.41 bits per heavy atom. The van der Waals surface area contributed by atoms with Crippen LogP contribution in [-0.4, -0.2) is 39.0 Å². The molecule has 0 saturated heterocycles. The van der Waals surface area contributed by atoms with Crippen LogP contribution in [0.2, 0.25) is 0 Å². The van der Waals surface area contributed by atoms with Gasteiger partial charge in [0.2, 0.25) is 0 Å². The molecular formula is C9H16F3N5. The van der Waals surface area contributed by atoms with Crippen LogP contribution in [0.25, 0.3) is 0 Å². The summed E-state index contributed by atoms with van der Waals surface area (Å²) < 4.78 is 36.4. The molecule has 1 rings (SSSR count). The van der Waals surface area contributed by atoms with Crippen LogP contribution in [0.1, 0.15) is 25.6 Å². The first-order valence-corrected chi connectivity index (χ1v) is 5.43. The molecule has 1 unspecified atom stereocenters. The zero-order valence-electron chi connectivity index (χ0n) is 9.83. The summed E-state index contributed by atoms with van der Waals surface area (Å²) in [5.74, 6) is 0.459. The van der Waals surface area contributed by atoms with E-state index in [1.54, 1.807) is 7.05 Å². The number of nitrogens with zero attached hydrogens (tertiary/aromatic N) is 4. The fourth-order valence-electron chi connectivity index (χ4n) is 1.53. The summed E-state index contributed by atoms with van der Waals surface area (Å²) in [5, 5.41) is 14.4. The highest BCUT2D eigenvalue weighted by Crippen LogP contribution is 2.22. The van der Waals surface area contributed by atoms with Crippen molar-refractivity contribution in [2.75, 3.05) is 6.54 Å². The van der Waals surface area contributed by atoms with Crippen molar-refractivity contribution < 1.29 is 13.2 Å². The number of hydrogen-bond acceptors (Lipinski definition) is 4. The van der Waals surface area contributed by atoms with Gasteiger partial charge in [-0.25, -0.2) is 0 Å². The van der Waals surface area contributed by atoms with Crippen molar-refractivity contribution in [1.82, 2.24) is 25.5 Å². The van der Waals surface area contributed by atoms with Gasteiger partial charge in [0.1, 0.15) is 0 Å². The zero-order chi connectivity index (χ0) is 12.9. The summed E-state index contributed by atoms with van der Waals surface area (Å²) in [5.41, 5.74) is 0. The molecule has 0 amide bonds. The van der Waals surface area contributed by atoms with Crippen molar-refractivity contribution in [3.8, 4) is 0 Å². The minimum Gasteiger partial charge on any atom is -0.314 e. The Kier molecular flexibility index (Phi) is 4.86. The molecular weight excluding hydrogens is 235 g/mol. The first-order chi connectivity index (χ1) is 7.90. The molecule has 5 nitrogen and oxygen atoms in total. The van der Waals surface area contributed by atoms with Gasteiger partial charge in [-0.15, -0.1) is 10.2 Å². The lowest BCUT2D eigenvalue weighted by molar-refractivity contribution is -0.136. The number of hydrogen-bond donors (Lipinski definition) is 1. The Labute approximate surface area is 97.4 Å². The molecule has 0 aliphatic rings. The zero-order valence-corrected chi connectivity index (χ0v) is 9.83. The number of likely N-dealkylation sites (N-methyl/N-ethyl adjacent to an activating group) is 1.